The molecule has 2 aromatic rings. The first-order chi connectivity index (χ1) is 13.1. The topological polar surface area (TPSA) is 78.5 Å². The maximum absolute atomic E-state index is 12.7. The molecular formula is C21H21N3O3. The Morgan fingerprint density at radius 3 is 2.33 bits per heavy atom. The Hall–Kier alpha value is -3.15. The molecule has 4 amide bonds. The molecule has 138 valence electrons. The van der Waals surface area contributed by atoms with Crippen molar-refractivity contribution in [3.63, 3.8) is 0 Å². The van der Waals surface area contributed by atoms with E-state index >= 15 is 0 Å². The van der Waals surface area contributed by atoms with E-state index < -0.39 is 5.54 Å². The lowest BCUT2D eigenvalue weighted by Crippen LogP contribution is -2.44. The van der Waals surface area contributed by atoms with Crippen LogP contribution in [0.5, 0.6) is 0 Å². The van der Waals surface area contributed by atoms with Gasteiger partial charge in [-0.05, 0) is 42.7 Å². The summed E-state index contributed by atoms with van der Waals surface area (Å²) in [5.41, 5.74) is 1.37. The normalized spacial score (nSPS) is 18.0. The van der Waals surface area contributed by atoms with Gasteiger partial charge < -0.3 is 10.6 Å². The Kier molecular flexibility index (Phi) is 4.39. The lowest BCUT2D eigenvalue weighted by atomic mass is 9.98. The number of urea groups is 1. The first-order valence-corrected chi connectivity index (χ1v) is 9.17. The van der Waals surface area contributed by atoms with Gasteiger partial charge in [0.05, 0.1) is 6.54 Å². The van der Waals surface area contributed by atoms with Crippen LogP contribution in [0.1, 0.15) is 41.6 Å². The first-order valence-electron chi connectivity index (χ1n) is 9.17. The molecule has 0 atom stereocenters. The molecular weight excluding hydrogens is 342 g/mol. The van der Waals surface area contributed by atoms with Crippen LogP contribution < -0.4 is 10.6 Å². The lowest BCUT2D eigenvalue weighted by molar-refractivity contribution is -0.131. The predicted octanol–water partition coefficient (Wildman–Crippen LogP) is 3.30. The van der Waals surface area contributed by atoms with Crippen molar-refractivity contribution in [3.8, 4) is 0 Å². The maximum atomic E-state index is 12.7. The smallest absolute Gasteiger partial charge is 0.323 e. The van der Waals surface area contributed by atoms with Crippen molar-refractivity contribution in [2.24, 2.45) is 0 Å². The van der Waals surface area contributed by atoms with E-state index in [0.29, 0.717) is 18.4 Å². The van der Waals surface area contributed by atoms with Crippen LogP contribution in [0.2, 0.25) is 0 Å². The van der Waals surface area contributed by atoms with Gasteiger partial charge in [0.1, 0.15) is 5.54 Å². The van der Waals surface area contributed by atoms with E-state index in [-0.39, 0.29) is 24.4 Å². The molecule has 27 heavy (non-hydrogen) atoms. The van der Waals surface area contributed by atoms with Gasteiger partial charge in [0.25, 0.3) is 11.8 Å². The number of imide groups is 1. The number of anilines is 1. The average Bonchev–Trinajstić information content (AvgIpc) is 3.24. The number of rotatable bonds is 4. The third-order valence-corrected chi connectivity index (χ3v) is 5.29. The van der Waals surface area contributed by atoms with Gasteiger partial charge in [0.2, 0.25) is 0 Å². The Morgan fingerprint density at radius 1 is 1.00 bits per heavy atom. The number of hydrogen-bond acceptors (Lipinski definition) is 3. The molecule has 2 N–H and O–H groups in total. The van der Waals surface area contributed by atoms with Crippen molar-refractivity contribution in [1.29, 1.82) is 0 Å². The third-order valence-electron chi connectivity index (χ3n) is 5.29. The highest BCUT2D eigenvalue weighted by Crippen LogP contribution is 2.35. The van der Waals surface area contributed by atoms with E-state index in [4.69, 9.17) is 0 Å². The molecule has 1 spiro atoms. The quantitative estimate of drug-likeness (QED) is 0.818. The number of carbonyl (C=O) groups is 3. The first kappa shape index (κ1) is 17.3. The Bertz CT molecular complexity index is 871. The Morgan fingerprint density at radius 2 is 1.67 bits per heavy atom. The predicted molar refractivity (Wildman–Crippen MR) is 101 cm³/mol. The van der Waals surface area contributed by atoms with Crippen molar-refractivity contribution in [1.82, 2.24) is 10.2 Å². The van der Waals surface area contributed by atoms with Gasteiger partial charge in [-0.25, -0.2) is 4.79 Å². The van der Waals surface area contributed by atoms with Gasteiger partial charge in [-0.1, -0.05) is 43.2 Å². The standard InChI is InChI=1S/C21H21N3O3/c25-18(22-17-6-2-1-3-7-17)16-10-8-15(9-11-16)14-24-19(26)21(23-20(24)27)12-4-5-13-21/h1-3,6-11H,4-5,12-14H2,(H,22,25)(H,23,27). The molecule has 1 saturated carbocycles. The average molecular weight is 363 g/mol. The summed E-state index contributed by atoms with van der Waals surface area (Å²) in [4.78, 5) is 38.5. The molecule has 1 heterocycles. The molecule has 6 heteroatoms. The van der Waals surface area contributed by atoms with Crippen molar-refractivity contribution in [3.05, 3.63) is 65.7 Å². The molecule has 1 saturated heterocycles. The number of hydrogen-bond donors (Lipinski definition) is 2. The van der Waals surface area contributed by atoms with Gasteiger partial charge in [0.15, 0.2) is 0 Å². The summed E-state index contributed by atoms with van der Waals surface area (Å²) >= 11 is 0. The lowest BCUT2D eigenvalue weighted by Gasteiger charge is -2.20. The summed E-state index contributed by atoms with van der Waals surface area (Å²) in [6.45, 7) is 0.215. The summed E-state index contributed by atoms with van der Waals surface area (Å²) in [6.07, 6.45) is 3.36. The van der Waals surface area contributed by atoms with Gasteiger partial charge in [-0.15, -0.1) is 0 Å². The second kappa shape index (κ2) is 6.87. The molecule has 0 aromatic heterocycles. The zero-order valence-electron chi connectivity index (χ0n) is 14.9. The minimum atomic E-state index is -0.688. The second-order valence-corrected chi connectivity index (χ2v) is 7.13. The SMILES string of the molecule is O=C(Nc1ccccc1)c1ccc(CN2C(=O)NC3(CCCC3)C2=O)cc1. The highest BCUT2D eigenvalue weighted by Gasteiger charge is 2.52. The van der Waals surface area contributed by atoms with Crippen molar-refractivity contribution >= 4 is 23.5 Å². The van der Waals surface area contributed by atoms with E-state index in [1.54, 1.807) is 24.3 Å². The van der Waals surface area contributed by atoms with Crippen LogP contribution in [-0.4, -0.2) is 28.3 Å². The van der Waals surface area contributed by atoms with Crippen LogP contribution in [0, 0.1) is 0 Å². The minimum absolute atomic E-state index is 0.129. The molecule has 2 aromatic carbocycles. The zero-order chi connectivity index (χ0) is 18.9. The Labute approximate surface area is 157 Å². The fourth-order valence-electron chi connectivity index (χ4n) is 3.81. The zero-order valence-corrected chi connectivity index (χ0v) is 14.9. The number of amides is 4. The molecule has 0 radical (unpaired) electrons. The summed E-state index contributed by atoms with van der Waals surface area (Å²) in [6, 6.07) is 15.9. The van der Waals surface area contributed by atoms with E-state index in [1.165, 1.54) is 4.90 Å². The van der Waals surface area contributed by atoms with Crippen LogP contribution in [0.25, 0.3) is 0 Å². The summed E-state index contributed by atoms with van der Waals surface area (Å²) < 4.78 is 0. The molecule has 4 rings (SSSR count). The van der Waals surface area contributed by atoms with Gasteiger partial charge >= 0.3 is 6.03 Å². The molecule has 1 aliphatic carbocycles. The molecule has 0 bridgehead atoms. The van der Waals surface area contributed by atoms with E-state index in [2.05, 4.69) is 10.6 Å². The van der Waals surface area contributed by atoms with Crippen LogP contribution in [-0.2, 0) is 11.3 Å². The summed E-state index contributed by atoms with van der Waals surface area (Å²) in [7, 11) is 0. The number of benzene rings is 2. The van der Waals surface area contributed by atoms with Gasteiger partial charge in [-0.2, -0.15) is 0 Å². The number of nitrogens with zero attached hydrogens (tertiary/aromatic N) is 1. The number of para-hydroxylation sites is 1. The largest absolute Gasteiger partial charge is 0.325 e. The third kappa shape index (κ3) is 3.30. The van der Waals surface area contributed by atoms with E-state index in [0.717, 1.165) is 24.1 Å². The molecule has 6 nitrogen and oxygen atoms in total. The highest BCUT2D eigenvalue weighted by molar-refractivity contribution is 6.07. The van der Waals surface area contributed by atoms with E-state index in [1.807, 2.05) is 30.3 Å². The highest BCUT2D eigenvalue weighted by atomic mass is 16.2. The van der Waals surface area contributed by atoms with Crippen LogP contribution in [0.15, 0.2) is 54.6 Å². The molecule has 2 aliphatic rings. The molecule has 2 fully saturated rings. The van der Waals surface area contributed by atoms with Crippen LogP contribution in [0.4, 0.5) is 10.5 Å². The molecule has 0 unspecified atom stereocenters. The fourth-order valence-corrected chi connectivity index (χ4v) is 3.81. The molecule has 1 aliphatic heterocycles. The second-order valence-electron chi connectivity index (χ2n) is 7.13. The Balaban J connectivity index is 1.43. The van der Waals surface area contributed by atoms with Crippen molar-refractivity contribution in [2.45, 2.75) is 37.8 Å². The number of carbonyl (C=O) groups excluding carboxylic acids is 3. The minimum Gasteiger partial charge on any atom is -0.323 e. The summed E-state index contributed by atoms with van der Waals surface area (Å²) in [5, 5.41) is 5.71. The van der Waals surface area contributed by atoms with Crippen molar-refractivity contribution < 1.29 is 14.4 Å². The van der Waals surface area contributed by atoms with Crippen LogP contribution >= 0.6 is 0 Å². The number of nitrogens with one attached hydrogen (secondary N) is 2. The monoisotopic (exact) mass is 363 g/mol. The van der Waals surface area contributed by atoms with Gasteiger partial charge in [-0.3, -0.25) is 14.5 Å². The fraction of sp³-hybridized carbons (Fsp3) is 0.286. The van der Waals surface area contributed by atoms with Crippen LogP contribution in [0.3, 0.4) is 0 Å². The van der Waals surface area contributed by atoms with E-state index in [9.17, 15) is 14.4 Å². The van der Waals surface area contributed by atoms with Crippen molar-refractivity contribution in [2.75, 3.05) is 5.32 Å². The maximum Gasteiger partial charge on any atom is 0.325 e. The van der Waals surface area contributed by atoms with Gasteiger partial charge in [0, 0.05) is 11.3 Å². The summed E-state index contributed by atoms with van der Waals surface area (Å²) in [5.74, 6) is -0.330.